The van der Waals surface area contributed by atoms with Gasteiger partial charge in [0.15, 0.2) is 0 Å². The normalized spacial score (nSPS) is 14.9. The monoisotopic (exact) mass is 217 g/mol. The zero-order valence-corrected chi connectivity index (χ0v) is 9.82. The van der Waals surface area contributed by atoms with Gasteiger partial charge in [0, 0.05) is 18.5 Å². The molecule has 0 bridgehead atoms. The molecule has 0 aliphatic carbocycles. The summed E-state index contributed by atoms with van der Waals surface area (Å²) in [5, 5.41) is 0. The Morgan fingerprint density at radius 1 is 1.56 bits per heavy atom. The summed E-state index contributed by atoms with van der Waals surface area (Å²) < 4.78 is 5.63. The van der Waals surface area contributed by atoms with E-state index in [0.29, 0.717) is 26.1 Å². The average molecular weight is 217 g/mol. The molecule has 3 nitrogen and oxygen atoms in total. The van der Waals surface area contributed by atoms with Crippen molar-refractivity contribution in [3.63, 3.8) is 0 Å². The van der Waals surface area contributed by atoms with Crippen molar-refractivity contribution in [1.82, 2.24) is 4.90 Å². The lowest BCUT2D eigenvalue weighted by Gasteiger charge is -2.18. The SMILES string of the molecule is Bc1ccc2c(c1)CN(C(=O)CC)CCO2. The second-order valence-electron chi connectivity index (χ2n) is 4.13. The van der Waals surface area contributed by atoms with Gasteiger partial charge in [0.25, 0.3) is 0 Å². The highest BCUT2D eigenvalue weighted by atomic mass is 16.5. The van der Waals surface area contributed by atoms with Crippen molar-refractivity contribution in [3.8, 4) is 5.75 Å². The first-order chi connectivity index (χ1) is 7.70. The minimum absolute atomic E-state index is 0.193. The Hall–Kier alpha value is -1.45. The Morgan fingerprint density at radius 3 is 3.12 bits per heavy atom. The fraction of sp³-hybridized carbons (Fsp3) is 0.417. The second-order valence-corrected chi connectivity index (χ2v) is 4.13. The van der Waals surface area contributed by atoms with Gasteiger partial charge in [-0.25, -0.2) is 0 Å². The van der Waals surface area contributed by atoms with Crippen LogP contribution in [0.1, 0.15) is 18.9 Å². The van der Waals surface area contributed by atoms with Gasteiger partial charge in [-0.15, -0.1) is 0 Å². The van der Waals surface area contributed by atoms with Crippen LogP contribution in [0.4, 0.5) is 0 Å². The number of carbonyl (C=O) groups excluding carboxylic acids is 1. The maximum atomic E-state index is 11.7. The Bertz CT molecular complexity index is 406. The van der Waals surface area contributed by atoms with Crippen LogP contribution < -0.4 is 10.2 Å². The molecular weight excluding hydrogens is 201 g/mol. The molecule has 16 heavy (non-hydrogen) atoms. The average Bonchev–Trinajstić information content (AvgIpc) is 2.49. The number of benzene rings is 1. The molecule has 1 heterocycles. The lowest BCUT2D eigenvalue weighted by atomic mass is 9.94. The molecule has 0 fully saturated rings. The van der Waals surface area contributed by atoms with Crippen molar-refractivity contribution in [2.24, 2.45) is 0 Å². The molecule has 1 amide bonds. The zero-order valence-electron chi connectivity index (χ0n) is 9.82. The molecule has 1 aliphatic rings. The van der Waals surface area contributed by atoms with Crippen LogP contribution in [-0.2, 0) is 11.3 Å². The number of rotatable bonds is 1. The fourth-order valence-electron chi connectivity index (χ4n) is 1.96. The van der Waals surface area contributed by atoms with Crippen LogP contribution in [0.2, 0.25) is 0 Å². The van der Waals surface area contributed by atoms with E-state index in [1.54, 1.807) is 0 Å². The Labute approximate surface area is 96.8 Å². The van der Waals surface area contributed by atoms with E-state index in [4.69, 9.17) is 4.74 Å². The third kappa shape index (κ3) is 2.21. The van der Waals surface area contributed by atoms with Gasteiger partial charge in [-0.1, -0.05) is 24.5 Å². The highest BCUT2D eigenvalue weighted by Crippen LogP contribution is 2.21. The molecule has 4 heteroatoms. The minimum Gasteiger partial charge on any atom is -0.491 e. The first-order valence-corrected chi connectivity index (χ1v) is 5.71. The van der Waals surface area contributed by atoms with E-state index in [-0.39, 0.29) is 5.91 Å². The van der Waals surface area contributed by atoms with Gasteiger partial charge in [0.05, 0.1) is 6.54 Å². The molecular formula is C12H16BNO2. The Morgan fingerprint density at radius 2 is 2.38 bits per heavy atom. The van der Waals surface area contributed by atoms with E-state index in [9.17, 15) is 4.79 Å². The Balaban J connectivity index is 2.25. The summed E-state index contributed by atoms with van der Waals surface area (Å²) in [5.74, 6) is 1.11. The van der Waals surface area contributed by atoms with E-state index in [1.165, 1.54) is 5.46 Å². The van der Waals surface area contributed by atoms with Crippen LogP contribution in [0, 0.1) is 0 Å². The van der Waals surface area contributed by atoms with Crippen LogP contribution in [-0.4, -0.2) is 31.8 Å². The predicted octanol–water partition coefficient (Wildman–Crippen LogP) is 0.0760. The maximum absolute atomic E-state index is 11.7. The van der Waals surface area contributed by atoms with Crippen molar-refractivity contribution in [3.05, 3.63) is 23.8 Å². The first kappa shape index (κ1) is 11.1. The molecule has 0 unspecified atom stereocenters. The number of fused-ring (bicyclic) bond motifs is 1. The maximum Gasteiger partial charge on any atom is 0.222 e. The molecule has 0 aromatic heterocycles. The van der Waals surface area contributed by atoms with Gasteiger partial charge >= 0.3 is 0 Å². The number of nitrogens with zero attached hydrogens (tertiary/aromatic N) is 1. The highest BCUT2D eigenvalue weighted by Gasteiger charge is 2.18. The van der Waals surface area contributed by atoms with Gasteiger partial charge in [0.2, 0.25) is 5.91 Å². The second kappa shape index (κ2) is 4.60. The molecule has 84 valence electrons. The first-order valence-electron chi connectivity index (χ1n) is 5.71. The number of amides is 1. The van der Waals surface area contributed by atoms with Gasteiger partial charge in [-0.05, 0) is 6.07 Å². The fourth-order valence-corrected chi connectivity index (χ4v) is 1.96. The van der Waals surface area contributed by atoms with Gasteiger partial charge < -0.3 is 9.64 Å². The van der Waals surface area contributed by atoms with Crippen LogP contribution in [0.5, 0.6) is 5.75 Å². The molecule has 0 spiro atoms. The Kier molecular flexibility index (Phi) is 3.18. The standard InChI is InChI=1S/C12H16BNO2/c1-2-12(15)14-5-6-16-11-4-3-10(13)7-9(11)8-14/h3-4,7H,2,5-6,8,13H2,1H3. The molecule has 2 rings (SSSR count). The van der Waals surface area contributed by atoms with Gasteiger partial charge in [-0.2, -0.15) is 0 Å². The zero-order chi connectivity index (χ0) is 11.5. The van der Waals surface area contributed by atoms with Crippen molar-refractivity contribution >= 4 is 19.2 Å². The molecule has 0 saturated heterocycles. The van der Waals surface area contributed by atoms with Crippen molar-refractivity contribution in [2.75, 3.05) is 13.2 Å². The van der Waals surface area contributed by atoms with Crippen molar-refractivity contribution < 1.29 is 9.53 Å². The van der Waals surface area contributed by atoms with E-state index in [2.05, 4.69) is 13.9 Å². The van der Waals surface area contributed by atoms with Crippen molar-refractivity contribution in [1.29, 1.82) is 0 Å². The van der Waals surface area contributed by atoms with E-state index in [1.807, 2.05) is 24.0 Å². The summed E-state index contributed by atoms with van der Waals surface area (Å²) in [7, 11) is 2.05. The van der Waals surface area contributed by atoms with E-state index < -0.39 is 0 Å². The summed E-state index contributed by atoms with van der Waals surface area (Å²) in [5.41, 5.74) is 2.31. The molecule has 0 N–H and O–H groups in total. The van der Waals surface area contributed by atoms with E-state index in [0.717, 1.165) is 11.3 Å². The quantitative estimate of drug-likeness (QED) is 0.623. The van der Waals surface area contributed by atoms with Crippen molar-refractivity contribution in [2.45, 2.75) is 19.9 Å². The largest absolute Gasteiger partial charge is 0.491 e. The lowest BCUT2D eigenvalue weighted by molar-refractivity contribution is -0.131. The third-order valence-electron chi connectivity index (χ3n) is 2.85. The summed E-state index contributed by atoms with van der Waals surface area (Å²) in [6.07, 6.45) is 0.557. The van der Waals surface area contributed by atoms with Gasteiger partial charge in [0.1, 0.15) is 20.2 Å². The minimum atomic E-state index is 0.193. The van der Waals surface area contributed by atoms with Crippen LogP contribution in [0.15, 0.2) is 18.2 Å². The molecule has 1 aromatic carbocycles. The summed E-state index contributed by atoms with van der Waals surface area (Å²) in [6, 6.07) is 6.12. The highest BCUT2D eigenvalue weighted by molar-refractivity contribution is 6.32. The van der Waals surface area contributed by atoms with Crippen LogP contribution in [0.25, 0.3) is 0 Å². The van der Waals surface area contributed by atoms with Crippen LogP contribution >= 0.6 is 0 Å². The van der Waals surface area contributed by atoms with Gasteiger partial charge in [-0.3, -0.25) is 4.79 Å². The molecule has 0 atom stereocenters. The van der Waals surface area contributed by atoms with Crippen LogP contribution in [0.3, 0.4) is 0 Å². The molecule has 0 radical (unpaired) electrons. The number of ether oxygens (including phenoxy) is 1. The third-order valence-corrected chi connectivity index (χ3v) is 2.85. The number of carbonyl (C=O) groups is 1. The topological polar surface area (TPSA) is 29.5 Å². The summed E-state index contributed by atoms with van der Waals surface area (Å²) >= 11 is 0. The molecule has 1 aliphatic heterocycles. The lowest BCUT2D eigenvalue weighted by Crippen LogP contribution is -2.31. The molecule has 1 aromatic rings. The van der Waals surface area contributed by atoms with E-state index >= 15 is 0 Å². The summed E-state index contributed by atoms with van der Waals surface area (Å²) in [4.78, 5) is 13.6. The summed E-state index contributed by atoms with van der Waals surface area (Å²) in [6.45, 7) is 3.83. The number of hydrogen-bond acceptors (Lipinski definition) is 2. The number of hydrogen-bond donors (Lipinski definition) is 0. The molecule has 0 saturated carbocycles. The smallest absolute Gasteiger partial charge is 0.222 e. The predicted molar refractivity (Wildman–Crippen MR) is 65.8 cm³/mol.